The van der Waals surface area contributed by atoms with E-state index in [0.29, 0.717) is 21.1 Å². The third kappa shape index (κ3) is 6.14. The molecule has 0 bridgehead atoms. The molecule has 1 fully saturated rings. The fraction of sp³-hybridized carbons (Fsp3) is 0.320. The fourth-order valence-electron chi connectivity index (χ4n) is 4.10. The van der Waals surface area contributed by atoms with Gasteiger partial charge in [-0.1, -0.05) is 23.8 Å². The van der Waals surface area contributed by atoms with Gasteiger partial charge in [0, 0.05) is 18.4 Å². The maximum atomic E-state index is 13.4. The molecular formula is C25H26ClN5O4S. The number of rotatable bonds is 6. The van der Waals surface area contributed by atoms with E-state index in [1.807, 2.05) is 6.92 Å². The van der Waals surface area contributed by atoms with Crippen molar-refractivity contribution in [3.05, 3.63) is 70.7 Å². The minimum atomic E-state index is -0.802. The average Bonchev–Trinajstić information content (AvgIpc) is 2.87. The summed E-state index contributed by atoms with van der Waals surface area (Å²) in [6.07, 6.45) is 8.50. The van der Waals surface area contributed by atoms with Gasteiger partial charge in [0.15, 0.2) is 5.69 Å². The molecule has 1 atom stereocenters. The first-order valence-electron chi connectivity index (χ1n) is 11.5. The molecule has 36 heavy (non-hydrogen) atoms. The SMILES string of the molecule is CC1=CC=C(C(=O)Nc2cccnc2C(=O)Nc2ccc(Cl)cn2)C(O[C@H]2CC[C@H](N)CC2)C1=S=O. The van der Waals surface area contributed by atoms with Crippen LogP contribution in [0.15, 0.2) is 60.0 Å². The average molecular weight is 528 g/mol. The molecule has 4 N–H and O–H groups in total. The Morgan fingerprint density at radius 3 is 2.56 bits per heavy atom. The van der Waals surface area contributed by atoms with E-state index in [1.54, 1.807) is 36.4 Å². The van der Waals surface area contributed by atoms with Crippen molar-refractivity contribution in [2.75, 3.05) is 10.6 Å². The van der Waals surface area contributed by atoms with Gasteiger partial charge in [-0.3, -0.25) is 9.59 Å². The van der Waals surface area contributed by atoms with Crippen LogP contribution in [0.25, 0.3) is 0 Å². The van der Waals surface area contributed by atoms with Crippen LogP contribution in [0.2, 0.25) is 5.02 Å². The molecule has 2 aromatic heterocycles. The predicted octanol–water partition coefficient (Wildman–Crippen LogP) is 3.25. The second-order valence-corrected chi connectivity index (χ2v) is 9.68. The van der Waals surface area contributed by atoms with E-state index in [2.05, 4.69) is 20.6 Å². The molecule has 0 aliphatic heterocycles. The third-order valence-electron chi connectivity index (χ3n) is 6.06. The number of carbonyl (C=O) groups is 2. The molecule has 9 nitrogen and oxygen atoms in total. The monoisotopic (exact) mass is 527 g/mol. The number of carbonyl (C=O) groups excluding carboxylic acids is 2. The van der Waals surface area contributed by atoms with Crippen LogP contribution < -0.4 is 16.4 Å². The molecule has 2 aliphatic carbocycles. The van der Waals surface area contributed by atoms with Crippen LogP contribution in [0.1, 0.15) is 43.1 Å². The van der Waals surface area contributed by atoms with Gasteiger partial charge in [0.05, 0.1) is 38.5 Å². The summed E-state index contributed by atoms with van der Waals surface area (Å²) in [5.41, 5.74) is 7.26. The number of nitrogens with zero attached hydrogens (tertiary/aromatic N) is 2. The Hall–Kier alpha value is -3.18. The molecule has 4 rings (SSSR count). The van der Waals surface area contributed by atoms with Crippen LogP contribution >= 0.6 is 11.6 Å². The molecule has 11 heteroatoms. The topological polar surface area (TPSA) is 136 Å². The van der Waals surface area contributed by atoms with Crippen LogP contribution in [0.5, 0.6) is 0 Å². The van der Waals surface area contributed by atoms with Gasteiger partial charge < -0.3 is 21.1 Å². The van der Waals surface area contributed by atoms with Gasteiger partial charge in [-0.25, -0.2) is 14.2 Å². The van der Waals surface area contributed by atoms with E-state index in [1.165, 1.54) is 12.4 Å². The zero-order valence-corrected chi connectivity index (χ0v) is 21.1. The highest BCUT2D eigenvalue weighted by Gasteiger charge is 2.33. The Balaban J connectivity index is 1.54. The molecule has 2 aliphatic rings. The van der Waals surface area contributed by atoms with E-state index in [-0.39, 0.29) is 34.9 Å². The van der Waals surface area contributed by atoms with Gasteiger partial charge in [0.2, 0.25) is 0 Å². The van der Waals surface area contributed by atoms with Crippen molar-refractivity contribution < 1.29 is 18.5 Å². The van der Waals surface area contributed by atoms with E-state index in [4.69, 9.17) is 22.1 Å². The van der Waals surface area contributed by atoms with Crippen LogP contribution in [0.4, 0.5) is 11.5 Å². The highest BCUT2D eigenvalue weighted by molar-refractivity contribution is 7.67. The second kappa shape index (κ2) is 11.7. The van der Waals surface area contributed by atoms with Crippen LogP contribution in [-0.4, -0.2) is 49.1 Å². The number of nitrogens with one attached hydrogen (secondary N) is 2. The Morgan fingerprint density at radius 1 is 1.08 bits per heavy atom. The standard InChI is InChI=1S/C25H26ClN5O4S/c1-14-4-10-18(22(23(14)36-34)35-17-8-6-16(27)7-9-17)24(32)30-19-3-2-12-28-21(19)25(33)31-20-11-5-15(26)13-29-20/h2-5,10-13,16-17,22H,6-9,27H2,1H3,(H,30,32)(H,29,31,33)/t16-,17-,22?. The summed E-state index contributed by atoms with van der Waals surface area (Å²) >= 11 is 6.17. The Kier molecular flexibility index (Phi) is 8.42. The second-order valence-electron chi connectivity index (χ2n) is 8.64. The number of amides is 2. The maximum Gasteiger partial charge on any atom is 0.277 e. The fourth-order valence-corrected chi connectivity index (χ4v) is 4.68. The zero-order chi connectivity index (χ0) is 25.7. The van der Waals surface area contributed by atoms with Crippen LogP contribution in [0, 0.1) is 0 Å². The number of nitrogens with two attached hydrogens (primary N) is 1. The Morgan fingerprint density at radius 2 is 1.86 bits per heavy atom. The molecule has 0 saturated heterocycles. The first kappa shape index (κ1) is 25.9. The summed E-state index contributed by atoms with van der Waals surface area (Å²) in [7, 11) is 0. The van der Waals surface area contributed by atoms with Gasteiger partial charge in [-0.2, -0.15) is 0 Å². The van der Waals surface area contributed by atoms with E-state index in [0.717, 1.165) is 31.3 Å². The smallest absolute Gasteiger partial charge is 0.277 e. The number of aromatic nitrogens is 2. The molecule has 188 valence electrons. The molecule has 0 spiro atoms. The van der Waals surface area contributed by atoms with Crippen LogP contribution in [-0.2, 0) is 20.8 Å². The summed E-state index contributed by atoms with van der Waals surface area (Å²) in [5.74, 6) is -0.757. The van der Waals surface area contributed by atoms with Crippen molar-refractivity contribution in [2.45, 2.75) is 50.9 Å². The van der Waals surface area contributed by atoms with Gasteiger partial charge in [0.25, 0.3) is 11.8 Å². The molecule has 2 amide bonds. The number of anilines is 2. The lowest BCUT2D eigenvalue weighted by molar-refractivity contribution is -0.114. The summed E-state index contributed by atoms with van der Waals surface area (Å²) in [4.78, 5) is 34.9. The number of pyridine rings is 2. The Labute approximate surface area is 217 Å². The molecule has 1 unspecified atom stereocenters. The number of hydrogen-bond acceptors (Lipinski definition) is 7. The summed E-state index contributed by atoms with van der Waals surface area (Å²) in [6.45, 7) is 1.81. The van der Waals surface area contributed by atoms with Crippen LogP contribution in [0.3, 0.4) is 0 Å². The van der Waals surface area contributed by atoms with Gasteiger partial charge in [-0.05, 0) is 62.4 Å². The summed E-state index contributed by atoms with van der Waals surface area (Å²) in [5, 5.41) is 5.84. The lowest BCUT2D eigenvalue weighted by atomic mass is 9.91. The molecule has 1 saturated carbocycles. The van der Waals surface area contributed by atoms with E-state index in [9.17, 15) is 13.8 Å². The first-order valence-corrected chi connectivity index (χ1v) is 12.6. The number of ether oxygens (including phenoxy) is 1. The summed E-state index contributed by atoms with van der Waals surface area (Å²) < 4.78 is 18.3. The van der Waals surface area contributed by atoms with Crippen molar-refractivity contribution in [3.63, 3.8) is 0 Å². The highest BCUT2D eigenvalue weighted by atomic mass is 35.5. The molecular weight excluding hydrogens is 502 g/mol. The predicted molar refractivity (Wildman–Crippen MR) is 140 cm³/mol. The van der Waals surface area contributed by atoms with Crippen molar-refractivity contribution in [2.24, 2.45) is 5.73 Å². The number of hydrogen-bond donors (Lipinski definition) is 3. The van der Waals surface area contributed by atoms with Gasteiger partial charge in [-0.15, -0.1) is 0 Å². The minimum Gasteiger partial charge on any atom is -0.364 e. The summed E-state index contributed by atoms with van der Waals surface area (Å²) in [6, 6.07) is 6.48. The third-order valence-corrected chi connectivity index (χ3v) is 7.00. The lowest BCUT2D eigenvalue weighted by Gasteiger charge is -2.32. The normalized spacial score (nSPS) is 21.8. The number of allylic oxidation sites excluding steroid dienone is 2. The zero-order valence-electron chi connectivity index (χ0n) is 19.6. The Bertz CT molecular complexity index is 1270. The van der Waals surface area contributed by atoms with Crippen molar-refractivity contribution >= 4 is 51.0 Å². The highest BCUT2D eigenvalue weighted by Crippen LogP contribution is 2.28. The number of halogens is 1. The lowest BCUT2D eigenvalue weighted by Crippen LogP contribution is -2.40. The van der Waals surface area contributed by atoms with Gasteiger partial charge >= 0.3 is 0 Å². The minimum absolute atomic E-state index is 0.00636. The van der Waals surface area contributed by atoms with Crippen molar-refractivity contribution in [1.29, 1.82) is 0 Å². The maximum absolute atomic E-state index is 13.4. The van der Waals surface area contributed by atoms with Gasteiger partial charge in [0.1, 0.15) is 11.9 Å². The van der Waals surface area contributed by atoms with E-state index >= 15 is 0 Å². The quantitative estimate of drug-likeness (QED) is 0.490. The van der Waals surface area contributed by atoms with Crippen molar-refractivity contribution in [3.8, 4) is 0 Å². The molecule has 0 aromatic carbocycles. The molecule has 2 heterocycles. The molecule has 0 radical (unpaired) electrons. The molecule has 2 aromatic rings. The first-order chi connectivity index (χ1) is 17.4. The largest absolute Gasteiger partial charge is 0.364 e. The van der Waals surface area contributed by atoms with E-state index < -0.39 is 17.9 Å². The van der Waals surface area contributed by atoms with Crippen molar-refractivity contribution in [1.82, 2.24) is 9.97 Å².